The number of carboxylic acids is 1. The number of hydrogen-bond donors (Lipinski definition) is 2. The maximum Gasteiger partial charge on any atom is 0.490 e. The highest BCUT2D eigenvalue weighted by Crippen LogP contribution is 2.47. The summed E-state index contributed by atoms with van der Waals surface area (Å²) in [7, 11) is -3.84. The number of hydrogen-bond acceptors (Lipinski definition) is 14. The number of nitrogens with zero attached hydrogens (tertiary/aromatic N) is 6. The van der Waals surface area contributed by atoms with Crippen LogP contribution in [0.25, 0.3) is 11.3 Å². The van der Waals surface area contributed by atoms with E-state index in [1.165, 1.54) is 41.3 Å². The third-order valence-corrected chi connectivity index (χ3v) is 19.4. The Kier molecular flexibility index (Phi) is 32.1. The molecule has 6 heterocycles. The fourth-order valence-electron chi connectivity index (χ4n) is 12.5. The molecule has 0 aliphatic carbocycles. The highest BCUT2D eigenvalue weighted by atomic mass is 79.9. The molecule has 19 nitrogen and oxygen atoms in total. The number of carbonyl (C=O) groups is 5. The summed E-state index contributed by atoms with van der Waals surface area (Å²) in [5.74, 6) is -4.73. The number of aliphatic hydroxyl groups excluding tert-OH is 1. The van der Waals surface area contributed by atoms with Gasteiger partial charge in [-0.1, -0.05) is 84.2 Å². The van der Waals surface area contributed by atoms with Crippen LogP contribution in [-0.2, 0) is 38.1 Å². The number of aromatic nitrogens is 2. The lowest BCUT2D eigenvalue weighted by Crippen LogP contribution is -2.44. The van der Waals surface area contributed by atoms with Crippen molar-refractivity contribution < 1.29 is 96.1 Å². The quantitative estimate of drug-likeness (QED) is 0.0594. The SMILES string of the molecule is CC(C)(C)OC(=O)N1CCCC(C(O)c2c(F)cccc2Br)C1.CC(C)(C)OC(=O)N1CCCC(C(OS(C)(=O)=O)c2c(F)cccc2Br)C1.CC(C)(C)OC(=O)N1CCCC(C=O)C1.Fc1cccc(Br)c1.Fc1cccc(N2CCCC(C3c4c(F)cccc4-c4cncn43)C2)c1.O=C(O)C(F)(F)F. The number of imidazole rings is 1. The van der Waals surface area contributed by atoms with Crippen molar-refractivity contribution in [2.24, 2.45) is 23.7 Å². The lowest BCUT2D eigenvalue weighted by Gasteiger charge is -2.38. The Morgan fingerprint density at radius 3 is 1.54 bits per heavy atom. The minimum atomic E-state index is -5.08. The van der Waals surface area contributed by atoms with Gasteiger partial charge in [-0.05, 0) is 180 Å². The van der Waals surface area contributed by atoms with Crippen LogP contribution in [0.3, 0.4) is 0 Å². The number of benzene rings is 5. The van der Waals surface area contributed by atoms with Gasteiger partial charge in [-0.15, -0.1) is 0 Å². The summed E-state index contributed by atoms with van der Waals surface area (Å²) in [6, 6.07) is 27.2. The topological polar surface area (TPSA) is 228 Å². The maximum absolute atomic E-state index is 14.7. The van der Waals surface area contributed by atoms with E-state index in [1.54, 1.807) is 91.5 Å². The van der Waals surface area contributed by atoms with Crippen molar-refractivity contribution in [2.75, 3.05) is 63.5 Å². The molecule has 6 aromatic rings. The van der Waals surface area contributed by atoms with Gasteiger partial charge in [0.2, 0.25) is 0 Å². The molecule has 31 heteroatoms. The van der Waals surface area contributed by atoms with Gasteiger partial charge in [-0.2, -0.15) is 21.6 Å². The summed E-state index contributed by atoms with van der Waals surface area (Å²) in [6.45, 7) is 20.8. The van der Waals surface area contributed by atoms with Gasteiger partial charge >= 0.3 is 30.4 Å². The summed E-state index contributed by atoms with van der Waals surface area (Å²) >= 11 is 9.70. The van der Waals surface area contributed by atoms with Crippen molar-refractivity contribution in [3.63, 3.8) is 0 Å². The molecule has 2 N–H and O–H groups in total. The van der Waals surface area contributed by atoms with Crippen LogP contribution in [0.4, 0.5) is 55.2 Å². The molecule has 7 unspecified atom stereocenters. The molecule has 5 aliphatic heterocycles. The van der Waals surface area contributed by atoms with E-state index >= 15 is 0 Å². The van der Waals surface area contributed by atoms with Gasteiger partial charge in [0.15, 0.2) is 0 Å². The average molecular weight is 1710 g/mol. The minimum Gasteiger partial charge on any atom is -0.475 e. The number of alkyl halides is 3. The van der Waals surface area contributed by atoms with Gasteiger partial charge in [-0.25, -0.2) is 46.1 Å². The van der Waals surface area contributed by atoms with Gasteiger partial charge < -0.3 is 53.4 Å². The minimum absolute atomic E-state index is 0.0220. The first-order chi connectivity index (χ1) is 49.4. The first-order valence-electron chi connectivity index (χ1n) is 34.3. The Morgan fingerprint density at radius 1 is 0.594 bits per heavy atom. The molecule has 3 amide bonds. The van der Waals surface area contributed by atoms with Crippen molar-refractivity contribution in [1.82, 2.24) is 24.3 Å². The van der Waals surface area contributed by atoms with Crippen LogP contribution >= 0.6 is 47.8 Å². The van der Waals surface area contributed by atoms with E-state index in [4.69, 9.17) is 28.3 Å². The number of anilines is 1. The lowest BCUT2D eigenvalue weighted by atomic mass is 9.86. The van der Waals surface area contributed by atoms with Crippen LogP contribution in [0, 0.1) is 52.8 Å². The monoisotopic (exact) mass is 1700 g/mol. The molecular weight excluding hydrogens is 1620 g/mol. The number of carbonyl (C=O) groups excluding carboxylic acids is 4. The van der Waals surface area contributed by atoms with E-state index in [1.807, 2.05) is 59.9 Å². The van der Waals surface area contributed by atoms with E-state index in [0.717, 1.165) is 91.1 Å². The van der Waals surface area contributed by atoms with Gasteiger partial charge in [0, 0.05) is 117 Å². The smallest absolute Gasteiger partial charge is 0.475 e. The summed E-state index contributed by atoms with van der Waals surface area (Å²) in [6.07, 6.45) is 3.73. The highest BCUT2D eigenvalue weighted by Gasteiger charge is 2.41. The van der Waals surface area contributed by atoms with Crippen molar-refractivity contribution in [1.29, 1.82) is 0 Å². The average Bonchev–Trinajstić information content (AvgIpc) is 1.58. The molecule has 0 saturated carbocycles. The molecule has 4 saturated heterocycles. The van der Waals surface area contributed by atoms with Crippen molar-refractivity contribution in [3.8, 4) is 11.3 Å². The number of fused-ring (bicyclic) bond motifs is 3. The predicted octanol–water partition coefficient (Wildman–Crippen LogP) is 18.2. The van der Waals surface area contributed by atoms with Crippen LogP contribution in [0.2, 0.25) is 0 Å². The van der Waals surface area contributed by atoms with Crippen molar-refractivity contribution in [2.45, 2.75) is 155 Å². The van der Waals surface area contributed by atoms with E-state index in [9.17, 15) is 67.8 Å². The summed E-state index contributed by atoms with van der Waals surface area (Å²) in [4.78, 5) is 67.0. The van der Waals surface area contributed by atoms with Gasteiger partial charge in [0.05, 0.1) is 36.6 Å². The van der Waals surface area contributed by atoms with Crippen LogP contribution in [0.1, 0.15) is 149 Å². The molecule has 11 rings (SSSR count). The molecule has 0 bridgehead atoms. The van der Waals surface area contributed by atoms with Crippen LogP contribution in [0.15, 0.2) is 129 Å². The van der Waals surface area contributed by atoms with Gasteiger partial charge in [-0.3, -0.25) is 4.18 Å². The summed E-state index contributed by atoms with van der Waals surface area (Å²) in [5.41, 5.74) is 2.32. The van der Waals surface area contributed by atoms with E-state index < -0.39 is 74.9 Å². The second-order valence-corrected chi connectivity index (χ2v) is 33.2. The third kappa shape index (κ3) is 27.2. The second kappa shape index (κ2) is 38.7. The number of amides is 3. The number of ether oxygens (including phenoxy) is 3. The first-order valence-corrected chi connectivity index (χ1v) is 38.5. The molecule has 5 aromatic carbocycles. The molecule has 582 valence electrons. The molecule has 1 aromatic heterocycles. The van der Waals surface area contributed by atoms with Crippen LogP contribution in [0.5, 0.6) is 0 Å². The lowest BCUT2D eigenvalue weighted by molar-refractivity contribution is -0.192. The Labute approximate surface area is 638 Å². The Bertz CT molecular complexity index is 4010. The zero-order valence-electron chi connectivity index (χ0n) is 60.5. The number of piperidine rings is 4. The predicted molar refractivity (Wildman–Crippen MR) is 394 cm³/mol. The van der Waals surface area contributed by atoms with Gasteiger partial charge in [0.25, 0.3) is 10.1 Å². The van der Waals surface area contributed by atoms with Crippen molar-refractivity contribution >= 4 is 94.1 Å². The molecular formula is C75H91Br3F8N6O13S. The summed E-state index contributed by atoms with van der Waals surface area (Å²) in [5, 5.41) is 17.7. The molecule has 106 heavy (non-hydrogen) atoms. The molecule has 7 atom stereocenters. The van der Waals surface area contributed by atoms with E-state index in [0.29, 0.717) is 54.5 Å². The number of carboxylic acid groups (broad SMARTS) is 1. The number of halogens is 11. The van der Waals surface area contributed by atoms with Crippen LogP contribution in [-0.4, -0.2) is 155 Å². The molecule has 4 fully saturated rings. The third-order valence-electron chi connectivity index (χ3n) is 17.0. The fourth-order valence-corrected chi connectivity index (χ4v) is 14.7. The largest absolute Gasteiger partial charge is 0.490 e. The standard InChI is InChI=1S/C21H19F2N3.C18H25BrFNO5S.C17H23BrFNO3.C11H19NO3.C6H4BrF.C2HF3O2/c22-15-5-1-6-16(10-15)25-9-3-4-14(12-25)21-20-17(7-2-8-18(20)23)19-11-24-13-26(19)21;1-18(2,3)25-17(22)21-10-6-7-12(11-21)16(26-27(4,23)24)15-13(19)8-5-9-14(15)20;1-17(2,3)23-16(22)20-9-5-6-11(10-20)15(21)14-12(18)7-4-8-13(14)19;1-11(2,3)15-10(14)12-6-4-5-9(7-12)8-13;7-5-2-1-3-6(8)4-5;3-2(4,5)1(6)7/h1-2,5-8,10-11,13-14,21H,3-4,9,12H2;5,8-9,12,16H,6-7,10-11H2,1-4H3;4,7-8,11,15,21H,5-6,9-10H2,1-3H3;8-9H,4-7H2,1-3H3;1-4H;(H,6,7). The Morgan fingerprint density at radius 2 is 1.06 bits per heavy atom. The zero-order chi connectivity index (χ0) is 78.8. The number of rotatable bonds is 9. The molecule has 0 spiro atoms. The first kappa shape index (κ1) is 87.7. The van der Waals surface area contributed by atoms with E-state index in [-0.39, 0.29) is 71.1 Å². The summed E-state index contributed by atoms with van der Waals surface area (Å²) < 4.78 is 150. The maximum atomic E-state index is 14.7. The Balaban J connectivity index is 0.000000210. The highest BCUT2D eigenvalue weighted by molar-refractivity contribution is 9.11. The van der Waals surface area contributed by atoms with E-state index in [2.05, 4.69) is 62.2 Å². The molecule has 0 radical (unpaired) electrons. The normalized spacial score (nSPS) is 19.3. The Hall–Kier alpha value is -7.19. The van der Waals surface area contributed by atoms with Crippen molar-refractivity contribution in [3.05, 3.63) is 175 Å². The fraction of sp³-hybridized carbons (Fsp3) is 0.493. The number of likely N-dealkylation sites (tertiary alicyclic amines) is 3. The van der Waals surface area contributed by atoms with Crippen LogP contribution < -0.4 is 4.90 Å². The number of aldehydes is 1. The zero-order valence-corrected chi connectivity index (χ0v) is 66.1. The second-order valence-electron chi connectivity index (χ2n) is 29.0. The number of aliphatic hydroxyl groups is 1. The van der Waals surface area contributed by atoms with Gasteiger partial charge in [0.1, 0.15) is 58.3 Å². The number of aliphatic carboxylic acids is 1. The molecule has 5 aliphatic rings.